The van der Waals surface area contributed by atoms with E-state index in [0.29, 0.717) is 12.1 Å². The zero-order chi connectivity index (χ0) is 27.0. The van der Waals surface area contributed by atoms with Crippen molar-refractivity contribution in [1.29, 1.82) is 0 Å². The van der Waals surface area contributed by atoms with Crippen molar-refractivity contribution in [2.24, 2.45) is 5.73 Å². The molecule has 7 nitrogen and oxygen atoms in total. The van der Waals surface area contributed by atoms with Crippen LogP contribution in [0.2, 0.25) is 0 Å². The number of ether oxygens (including phenoxy) is 1. The van der Waals surface area contributed by atoms with Crippen molar-refractivity contribution < 1.29 is 22.5 Å². The number of hydrogen-bond acceptors (Lipinski definition) is 5. The van der Waals surface area contributed by atoms with Crippen molar-refractivity contribution in [3.63, 3.8) is 0 Å². The molecule has 4 N–H and O–H groups in total. The van der Waals surface area contributed by atoms with Crippen LogP contribution in [-0.4, -0.2) is 29.5 Å². The second-order valence-electron chi connectivity index (χ2n) is 8.27. The molecule has 0 aliphatic heterocycles. The summed E-state index contributed by atoms with van der Waals surface area (Å²) in [6, 6.07) is 23.2. The van der Waals surface area contributed by atoms with Crippen molar-refractivity contribution in [1.82, 2.24) is 0 Å². The first-order valence-corrected chi connectivity index (χ1v) is 13.2. The van der Waals surface area contributed by atoms with E-state index in [1.54, 1.807) is 24.3 Å². The summed E-state index contributed by atoms with van der Waals surface area (Å²) in [6.07, 6.45) is -0.0418. The van der Waals surface area contributed by atoms with E-state index in [0.717, 1.165) is 16.7 Å². The predicted molar refractivity (Wildman–Crippen MR) is 144 cm³/mol. The monoisotopic (exact) mass is 572 g/mol. The molecule has 0 bridgehead atoms. The Balaban J connectivity index is 0.000000346. The number of amides is 1. The van der Waals surface area contributed by atoms with Gasteiger partial charge in [-0.1, -0.05) is 95.0 Å². The zero-order valence-corrected chi connectivity index (χ0v) is 22.7. The molecule has 0 heterocycles. The molecule has 0 fully saturated rings. The van der Waals surface area contributed by atoms with E-state index in [9.17, 15) is 13.2 Å². The largest absolute Gasteiger partial charge is 0.445 e. The van der Waals surface area contributed by atoms with Crippen molar-refractivity contribution >= 4 is 56.7 Å². The Labute approximate surface area is 226 Å². The lowest BCUT2D eigenvalue weighted by Gasteiger charge is -2.26. The van der Waals surface area contributed by atoms with Crippen LogP contribution in [-0.2, 0) is 26.8 Å². The van der Waals surface area contributed by atoms with Gasteiger partial charge in [0.2, 0.25) is 3.79 Å². The average Bonchev–Trinajstić information content (AvgIpc) is 2.78. The molecule has 1 unspecified atom stereocenters. The molecule has 0 radical (unpaired) electrons. The van der Waals surface area contributed by atoms with Gasteiger partial charge < -0.3 is 10.5 Å². The number of carbonyl (C=O) groups is 1. The quantitative estimate of drug-likeness (QED) is 0.236. The summed E-state index contributed by atoms with van der Waals surface area (Å²) in [5, 5.41) is 2.60. The highest BCUT2D eigenvalue weighted by molar-refractivity contribution is 7.85. The highest BCUT2D eigenvalue weighted by Crippen LogP contribution is 2.27. The molecular formula is C25H27Cl3N2O5S. The lowest BCUT2D eigenvalue weighted by atomic mass is 9.86. The van der Waals surface area contributed by atoms with Gasteiger partial charge in [0.05, 0.1) is 4.90 Å². The molecule has 3 aromatic carbocycles. The Morgan fingerprint density at radius 2 is 1.61 bits per heavy atom. The number of aryl methyl sites for hydroxylation is 1. The number of halogens is 3. The summed E-state index contributed by atoms with van der Waals surface area (Å²) < 4.78 is 32.8. The molecule has 0 aromatic heterocycles. The third-order valence-corrected chi connectivity index (χ3v) is 6.06. The SMILES string of the molecule is CC(N)(Cc1ccccc1)c1cccc(NC(=O)OCC(Cl)(Cl)Cl)c1.Cc1ccc(S(=O)(=O)O)cc1. The highest BCUT2D eigenvalue weighted by atomic mass is 35.6. The third kappa shape index (κ3) is 10.7. The van der Waals surface area contributed by atoms with Gasteiger partial charge in [-0.25, -0.2) is 4.79 Å². The maximum Gasteiger partial charge on any atom is 0.411 e. The van der Waals surface area contributed by atoms with Gasteiger partial charge in [0, 0.05) is 11.2 Å². The molecule has 3 rings (SSSR count). The van der Waals surface area contributed by atoms with E-state index in [2.05, 4.69) is 5.32 Å². The molecule has 3 aromatic rings. The Hall–Kier alpha value is -2.33. The molecule has 1 atom stereocenters. The van der Waals surface area contributed by atoms with Crippen LogP contribution >= 0.6 is 34.8 Å². The van der Waals surface area contributed by atoms with E-state index < -0.39 is 25.5 Å². The van der Waals surface area contributed by atoms with Gasteiger partial charge in [-0.05, 0) is 55.7 Å². The van der Waals surface area contributed by atoms with Crippen LogP contribution in [0, 0.1) is 6.92 Å². The van der Waals surface area contributed by atoms with Gasteiger partial charge in [-0.2, -0.15) is 8.42 Å². The van der Waals surface area contributed by atoms with Crippen LogP contribution in [0.3, 0.4) is 0 Å². The summed E-state index contributed by atoms with van der Waals surface area (Å²) in [7, 11) is -4.02. The van der Waals surface area contributed by atoms with Gasteiger partial charge in [-0.15, -0.1) is 0 Å². The maximum absolute atomic E-state index is 11.8. The second kappa shape index (κ2) is 12.8. The van der Waals surface area contributed by atoms with Gasteiger partial charge in [0.1, 0.15) is 6.61 Å². The molecule has 0 aliphatic rings. The molecule has 0 spiro atoms. The smallest absolute Gasteiger partial charge is 0.411 e. The third-order valence-electron chi connectivity index (χ3n) is 4.87. The first kappa shape index (κ1) is 29.9. The Morgan fingerprint density at radius 3 is 2.17 bits per heavy atom. The second-order valence-corrected chi connectivity index (χ2v) is 12.2. The highest BCUT2D eigenvalue weighted by Gasteiger charge is 2.24. The first-order valence-electron chi connectivity index (χ1n) is 10.6. The number of nitrogens with one attached hydrogen (secondary N) is 1. The summed E-state index contributed by atoms with van der Waals surface area (Å²) in [5.41, 5.74) is 9.42. The minimum Gasteiger partial charge on any atom is -0.445 e. The topological polar surface area (TPSA) is 119 Å². The zero-order valence-electron chi connectivity index (χ0n) is 19.6. The van der Waals surface area contributed by atoms with Gasteiger partial charge >= 0.3 is 6.09 Å². The number of carbonyl (C=O) groups excluding carboxylic acids is 1. The van der Waals surface area contributed by atoms with Crippen LogP contribution in [0.4, 0.5) is 10.5 Å². The van der Waals surface area contributed by atoms with E-state index in [1.165, 1.54) is 12.1 Å². The molecule has 36 heavy (non-hydrogen) atoms. The summed E-state index contributed by atoms with van der Waals surface area (Å²) in [5.74, 6) is 0. The fraction of sp³-hybridized carbons (Fsp3) is 0.240. The van der Waals surface area contributed by atoms with Gasteiger partial charge in [0.25, 0.3) is 10.1 Å². The molecule has 11 heteroatoms. The number of hydrogen-bond donors (Lipinski definition) is 3. The number of benzene rings is 3. The summed E-state index contributed by atoms with van der Waals surface area (Å²) in [4.78, 5) is 11.7. The Morgan fingerprint density at radius 1 is 1.00 bits per heavy atom. The summed E-state index contributed by atoms with van der Waals surface area (Å²) in [6.45, 7) is 3.44. The van der Waals surface area contributed by atoms with Crippen LogP contribution < -0.4 is 11.1 Å². The average molecular weight is 574 g/mol. The predicted octanol–water partition coefficient (Wildman–Crippen LogP) is 6.26. The van der Waals surface area contributed by atoms with Crippen molar-refractivity contribution in [3.05, 3.63) is 95.6 Å². The first-order chi connectivity index (χ1) is 16.7. The minimum atomic E-state index is -4.02. The molecule has 0 saturated heterocycles. The van der Waals surface area contributed by atoms with Crippen molar-refractivity contribution in [3.8, 4) is 0 Å². The van der Waals surface area contributed by atoms with Crippen molar-refractivity contribution in [2.75, 3.05) is 11.9 Å². The van der Waals surface area contributed by atoms with E-state index in [-0.39, 0.29) is 11.5 Å². The Kier molecular flexibility index (Phi) is 10.6. The number of alkyl halides is 3. The lowest BCUT2D eigenvalue weighted by Crippen LogP contribution is -2.35. The fourth-order valence-corrected chi connectivity index (χ4v) is 3.73. The van der Waals surface area contributed by atoms with Crippen LogP contribution in [0.15, 0.2) is 83.8 Å². The Bertz CT molecular complexity index is 1250. The maximum atomic E-state index is 11.8. The fourth-order valence-electron chi connectivity index (χ4n) is 3.09. The number of anilines is 1. The molecule has 0 aliphatic carbocycles. The van der Waals surface area contributed by atoms with Gasteiger partial charge in [0.15, 0.2) is 0 Å². The van der Waals surface area contributed by atoms with Crippen LogP contribution in [0.1, 0.15) is 23.6 Å². The normalized spacial score (nSPS) is 13.1. The molecule has 194 valence electrons. The lowest BCUT2D eigenvalue weighted by molar-refractivity contribution is 0.164. The van der Waals surface area contributed by atoms with Crippen molar-refractivity contribution in [2.45, 2.75) is 34.5 Å². The van der Waals surface area contributed by atoms with E-state index >= 15 is 0 Å². The molecular weight excluding hydrogens is 547 g/mol. The number of rotatable bonds is 6. The van der Waals surface area contributed by atoms with Gasteiger partial charge in [-0.3, -0.25) is 9.87 Å². The molecule has 1 amide bonds. The number of nitrogens with two attached hydrogens (primary N) is 1. The van der Waals surface area contributed by atoms with Crippen LogP contribution in [0.25, 0.3) is 0 Å². The van der Waals surface area contributed by atoms with E-state index in [4.69, 9.17) is 49.8 Å². The summed E-state index contributed by atoms with van der Waals surface area (Å²) >= 11 is 16.7. The minimum absolute atomic E-state index is 0.0666. The van der Waals surface area contributed by atoms with E-state index in [1.807, 2.05) is 56.3 Å². The molecule has 0 saturated carbocycles. The standard InChI is InChI=1S/C18H19Cl3N2O2.C7H8O3S/c1-17(22,11-13-6-3-2-4-7-13)14-8-5-9-15(10-14)23-16(24)25-12-18(19,20)21;1-6-2-4-7(5-3-6)11(8,9)10/h2-10H,11-12,22H2,1H3,(H,23,24);2-5H,1H3,(H,8,9,10). The van der Waals surface area contributed by atoms with Crippen LogP contribution in [0.5, 0.6) is 0 Å².